The molecular formula is C13H15FN2O3. The molecule has 1 amide bonds. The van der Waals surface area contributed by atoms with Crippen molar-refractivity contribution in [1.82, 2.24) is 5.32 Å². The van der Waals surface area contributed by atoms with Gasteiger partial charge in [-0.25, -0.2) is 4.39 Å². The second-order valence-electron chi connectivity index (χ2n) is 5.03. The third-order valence-corrected chi connectivity index (χ3v) is 3.95. The molecule has 4 unspecified atom stereocenters. The highest BCUT2D eigenvalue weighted by molar-refractivity contribution is 5.97. The number of hydrogen-bond donors (Lipinski definition) is 3. The second kappa shape index (κ2) is 4.47. The van der Waals surface area contributed by atoms with Gasteiger partial charge in [-0.05, 0) is 24.6 Å². The van der Waals surface area contributed by atoms with Gasteiger partial charge in [-0.15, -0.1) is 0 Å². The number of nitrogens with one attached hydrogen (secondary N) is 1. The van der Waals surface area contributed by atoms with Crippen LogP contribution in [0.5, 0.6) is 5.75 Å². The number of ether oxygens (including phenoxy) is 1. The maximum Gasteiger partial charge on any atom is 0.255 e. The molecule has 0 radical (unpaired) electrons. The van der Waals surface area contributed by atoms with E-state index in [9.17, 15) is 14.3 Å². The fraction of sp³-hybridized carbons (Fsp3) is 0.462. The quantitative estimate of drug-likeness (QED) is 0.722. The van der Waals surface area contributed by atoms with E-state index >= 15 is 0 Å². The maximum atomic E-state index is 13.1. The molecule has 1 heterocycles. The number of aromatic hydroxyl groups is 1. The Labute approximate surface area is 109 Å². The third kappa shape index (κ3) is 1.97. The van der Waals surface area contributed by atoms with E-state index in [4.69, 9.17) is 10.5 Å². The molecule has 3 rings (SSSR count). The van der Waals surface area contributed by atoms with E-state index in [2.05, 4.69) is 5.32 Å². The van der Waals surface area contributed by atoms with E-state index < -0.39 is 11.7 Å². The van der Waals surface area contributed by atoms with E-state index in [0.29, 0.717) is 6.61 Å². The zero-order valence-corrected chi connectivity index (χ0v) is 10.2. The molecule has 19 heavy (non-hydrogen) atoms. The van der Waals surface area contributed by atoms with Crippen LogP contribution in [0.4, 0.5) is 4.39 Å². The highest BCUT2D eigenvalue weighted by atomic mass is 19.1. The van der Waals surface area contributed by atoms with Gasteiger partial charge in [0.1, 0.15) is 11.6 Å². The molecule has 1 saturated carbocycles. The van der Waals surface area contributed by atoms with E-state index in [1.165, 1.54) is 0 Å². The summed E-state index contributed by atoms with van der Waals surface area (Å²) in [6, 6.07) is 2.83. The van der Waals surface area contributed by atoms with Crippen LogP contribution in [-0.4, -0.2) is 35.8 Å². The summed E-state index contributed by atoms with van der Waals surface area (Å²) in [5.41, 5.74) is 5.88. The molecule has 1 aromatic rings. The SMILES string of the molecule is NC1C2CCOC2C1NC(=O)c1cc(F)ccc1O. The fourth-order valence-electron chi connectivity index (χ4n) is 2.85. The Morgan fingerprint density at radius 2 is 2.32 bits per heavy atom. The number of carbonyl (C=O) groups excluding carboxylic acids is 1. The first-order valence-corrected chi connectivity index (χ1v) is 6.24. The minimum atomic E-state index is -0.573. The van der Waals surface area contributed by atoms with Crippen LogP contribution in [-0.2, 0) is 4.74 Å². The first kappa shape index (κ1) is 12.4. The Kier molecular flexibility index (Phi) is 2.91. The number of nitrogens with two attached hydrogens (primary N) is 1. The summed E-state index contributed by atoms with van der Waals surface area (Å²) in [6.45, 7) is 0.653. The molecule has 102 valence electrons. The van der Waals surface area contributed by atoms with Gasteiger partial charge < -0.3 is 20.9 Å². The molecule has 2 aliphatic rings. The van der Waals surface area contributed by atoms with Crippen LogP contribution in [0.3, 0.4) is 0 Å². The van der Waals surface area contributed by atoms with Crippen LogP contribution in [0.1, 0.15) is 16.8 Å². The smallest absolute Gasteiger partial charge is 0.255 e. The highest BCUT2D eigenvalue weighted by Crippen LogP contribution is 2.38. The van der Waals surface area contributed by atoms with E-state index in [1.807, 2.05) is 0 Å². The van der Waals surface area contributed by atoms with Gasteiger partial charge in [0.2, 0.25) is 0 Å². The molecule has 1 aliphatic carbocycles. The molecule has 2 fully saturated rings. The highest BCUT2D eigenvalue weighted by Gasteiger charge is 2.52. The number of rotatable bonds is 2. The molecule has 6 heteroatoms. The van der Waals surface area contributed by atoms with Crippen molar-refractivity contribution >= 4 is 5.91 Å². The third-order valence-electron chi connectivity index (χ3n) is 3.95. The van der Waals surface area contributed by atoms with Crippen LogP contribution in [0.15, 0.2) is 18.2 Å². The number of phenolic OH excluding ortho intramolecular Hbond substituents is 1. The number of carbonyl (C=O) groups is 1. The Balaban J connectivity index is 1.73. The van der Waals surface area contributed by atoms with Crippen molar-refractivity contribution in [1.29, 1.82) is 0 Å². The van der Waals surface area contributed by atoms with Gasteiger partial charge in [0.05, 0.1) is 17.7 Å². The lowest BCUT2D eigenvalue weighted by molar-refractivity contribution is -0.0161. The largest absolute Gasteiger partial charge is 0.507 e. The van der Waals surface area contributed by atoms with Gasteiger partial charge in [-0.1, -0.05) is 0 Å². The van der Waals surface area contributed by atoms with E-state index in [1.54, 1.807) is 0 Å². The molecule has 4 N–H and O–H groups in total. The number of halogens is 1. The Hall–Kier alpha value is -1.66. The van der Waals surface area contributed by atoms with Crippen molar-refractivity contribution in [3.8, 4) is 5.75 Å². The lowest BCUT2D eigenvalue weighted by atomic mass is 9.72. The number of fused-ring (bicyclic) bond motifs is 1. The summed E-state index contributed by atoms with van der Waals surface area (Å²) in [7, 11) is 0. The summed E-state index contributed by atoms with van der Waals surface area (Å²) in [5, 5.41) is 12.3. The standard InChI is InChI=1S/C13H15FN2O3/c14-6-1-2-9(17)8(5-6)13(18)16-11-10(15)7-3-4-19-12(7)11/h1-2,5,7,10-12,17H,3-4,15H2,(H,16,18). The predicted octanol–water partition coefficient (Wildman–Crippen LogP) is 0.376. The first-order valence-electron chi connectivity index (χ1n) is 6.24. The van der Waals surface area contributed by atoms with Gasteiger partial charge in [0.25, 0.3) is 5.91 Å². The lowest BCUT2D eigenvalue weighted by Gasteiger charge is -2.45. The van der Waals surface area contributed by atoms with Gasteiger partial charge in [0, 0.05) is 18.6 Å². The fourth-order valence-corrected chi connectivity index (χ4v) is 2.85. The Morgan fingerprint density at radius 3 is 3.11 bits per heavy atom. The van der Waals surface area contributed by atoms with Crippen LogP contribution in [0, 0.1) is 11.7 Å². The van der Waals surface area contributed by atoms with E-state index in [0.717, 1.165) is 24.6 Å². The predicted molar refractivity (Wildman–Crippen MR) is 65.1 cm³/mol. The number of amides is 1. The minimum absolute atomic E-state index is 0.0605. The summed E-state index contributed by atoms with van der Waals surface area (Å²) in [4.78, 5) is 12.0. The van der Waals surface area contributed by atoms with Crippen molar-refractivity contribution in [2.24, 2.45) is 11.7 Å². The molecule has 0 spiro atoms. The molecule has 5 nitrogen and oxygen atoms in total. The summed E-state index contributed by atoms with van der Waals surface area (Å²) in [5.74, 6) is -1.08. The van der Waals surface area contributed by atoms with E-state index in [-0.39, 0.29) is 35.4 Å². The van der Waals surface area contributed by atoms with Crippen molar-refractivity contribution in [3.05, 3.63) is 29.6 Å². The molecule has 4 atom stereocenters. The summed E-state index contributed by atoms with van der Waals surface area (Å²) >= 11 is 0. The van der Waals surface area contributed by atoms with Crippen molar-refractivity contribution < 1.29 is 19.0 Å². The van der Waals surface area contributed by atoms with Crippen LogP contribution < -0.4 is 11.1 Å². The Morgan fingerprint density at radius 1 is 1.53 bits per heavy atom. The van der Waals surface area contributed by atoms with Crippen molar-refractivity contribution in [2.75, 3.05) is 6.61 Å². The molecular weight excluding hydrogens is 251 g/mol. The second-order valence-corrected chi connectivity index (χ2v) is 5.03. The monoisotopic (exact) mass is 266 g/mol. The molecule has 0 bridgehead atoms. The number of phenols is 1. The summed E-state index contributed by atoms with van der Waals surface area (Å²) < 4.78 is 18.6. The lowest BCUT2D eigenvalue weighted by Crippen LogP contribution is -2.68. The van der Waals surface area contributed by atoms with Gasteiger partial charge >= 0.3 is 0 Å². The zero-order valence-electron chi connectivity index (χ0n) is 10.2. The molecule has 1 aliphatic heterocycles. The number of hydrogen-bond acceptors (Lipinski definition) is 4. The van der Waals surface area contributed by atoms with Gasteiger partial charge in [-0.2, -0.15) is 0 Å². The normalized spacial score (nSPS) is 32.5. The van der Waals surface area contributed by atoms with Crippen molar-refractivity contribution in [3.63, 3.8) is 0 Å². The zero-order chi connectivity index (χ0) is 13.6. The minimum Gasteiger partial charge on any atom is -0.507 e. The van der Waals surface area contributed by atoms with Crippen LogP contribution in [0.2, 0.25) is 0 Å². The molecule has 1 saturated heterocycles. The van der Waals surface area contributed by atoms with Gasteiger partial charge in [-0.3, -0.25) is 4.79 Å². The molecule has 0 aromatic heterocycles. The average Bonchev–Trinajstić information content (AvgIpc) is 2.83. The van der Waals surface area contributed by atoms with Gasteiger partial charge in [0.15, 0.2) is 0 Å². The maximum absolute atomic E-state index is 13.1. The Bertz CT molecular complexity index is 523. The van der Waals surface area contributed by atoms with Crippen molar-refractivity contribution in [2.45, 2.75) is 24.6 Å². The summed E-state index contributed by atoms with van der Waals surface area (Å²) in [6.07, 6.45) is 0.846. The average molecular weight is 266 g/mol. The topological polar surface area (TPSA) is 84.6 Å². The van der Waals surface area contributed by atoms with Crippen LogP contribution in [0.25, 0.3) is 0 Å². The van der Waals surface area contributed by atoms with Crippen LogP contribution >= 0.6 is 0 Å². The first-order chi connectivity index (χ1) is 9.08. The molecule has 1 aromatic carbocycles. The number of benzene rings is 1.